The highest BCUT2D eigenvalue weighted by atomic mass is 15.0. The lowest BCUT2D eigenvalue weighted by atomic mass is 10.2. The summed E-state index contributed by atoms with van der Waals surface area (Å²) >= 11 is 0. The van der Waals surface area contributed by atoms with Crippen LogP contribution in [0.2, 0.25) is 0 Å². The van der Waals surface area contributed by atoms with Gasteiger partial charge in [-0.15, -0.1) is 0 Å². The van der Waals surface area contributed by atoms with Gasteiger partial charge in [0.25, 0.3) is 0 Å². The smallest absolute Gasteiger partial charge is 0.144 e. The van der Waals surface area contributed by atoms with E-state index in [1.54, 1.807) is 0 Å². The van der Waals surface area contributed by atoms with Gasteiger partial charge in [-0.1, -0.05) is 6.07 Å². The van der Waals surface area contributed by atoms with Crippen LogP contribution in [-0.2, 0) is 6.54 Å². The number of fused-ring (bicyclic) bond motifs is 1. The molecule has 0 bridgehead atoms. The van der Waals surface area contributed by atoms with Gasteiger partial charge in [-0.05, 0) is 43.4 Å². The number of nitrogens with two attached hydrogens (primary N) is 1. The third kappa shape index (κ3) is 2.06. The van der Waals surface area contributed by atoms with Gasteiger partial charge in [0.15, 0.2) is 0 Å². The average Bonchev–Trinajstić information content (AvgIpc) is 2.80. The largest absolute Gasteiger partial charge is 0.399 e. The van der Waals surface area contributed by atoms with Crippen molar-refractivity contribution in [3.63, 3.8) is 0 Å². The molecular formula is C15H16N4. The normalized spacial score (nSPS) is 11.0. The Morgan fingerprint density at radius 1 is 1.16 bits per heavy atom. The Kier molecular flexibility index (Phi) is 2.93. The Labute approximate surface area is 111 Å². The molecule has 3 N–H and O–H groups in total. The van der Waals surface area contributed by atoms with Crippen molar-refractivity contribution in [2.24, 2.45) is 0 Å². The quantitative estimate of drug-likeness (QED) is 0.703. The minimum Gasteiger partial charge on any atom is -0.399 e. The first-order valence-corrected chi connectivity index (χ1v) is 6.26. The molecule has 0 saturated heterocycles. The van der Waals surface area contributed by atoms with Crippen molar-refractivity contribution in [1.82, 2.24) is 14.7 Å². The molecule has 3 aromatic rings. The van der Waals surface area contributed by atoms with Crippen LogP contribution >= 0.6 is 0 Å². The van der Waals surface area contributed by atoms with Gasteiger partial charge in [-0.25, -0.2) is 4.98 Å². The van der Waals surface area contributed by atoms with Crippen LogP contribution in [0, 0.1) is 0 Å². The fourth-order valence-corrected chi connectivity index (χ4v) is 2.24. The molecule has 3 rings (SSSR count). The summed E-state index contributed by atoms with van der Waals surface area (Å²) in [6, 6.07) is 13.9. The lowest BCUT2D eigenvalue weighted by molar-refractivity contribution is 0.803. The van der Waals surface area contributed by atoms with Gasteiger partial charge >= 0.3 is 0 Å². The predicted octanol–water partition coefficient (Wildman–Crippen LogP) is 2.30. The Balaban J connectivity index is 2.20. The van der Waals surface area contributed by atoms with Gasteiger partial charge < -0.3 is 11.1 Å². The zero-order valence-electron chi connectivity index (χ0n) is 10.8. The number of hydrogen-bond donors (Lipinski definition) is 2. The summed E-state index contributed by atoms with van der Waals surface area (Å²) in [5, 5.41) is 3.15. The molecule has 0 saturated carbocycles. The minimum atomic E-state index is 0.752. The number of nitrogens with zero attached hydrogens (tertiary/aromatic N) is 2. The number of aromatic nitrogens is 2. The maximum absolute atomic E-state index is 5.73. The molecule has 2 aromatic heterocycles. The van der Waals surface area contributed by atoms with Gasteiger partial charge in [-0.3, -0.25) is 4.40 Å². The predicted molar refractivity (Wildman–Crippen MR) is 77.8 cm³/mol. The maximum atomic E-state index is 5.73. The van der Waals surface area contributed by atoms with Crippen LogP contribution < -0.4 is 11.1 Å². The zero-order valence-corrected chi connectivity index (χ0v) is 10.8. The minimum absolute atomic E-state index is 0.752. The fourth-order valence-electron chi connectivity index (χ4n) is 2.24. The highest BCUT2D eigenvalue weighted by Gasteiger charge is 2.11. The van der Waals surface area contributed by atoms with Gasteiger partial charge in [0.05, 0.1) is 11.2 Å². The summed E-state index contributed by atoms with van der Waals surface area (Å²) in [6.07, 6.45) is 2.03. The molecule has 0 atom stereocenters. The van der Waals surface area contributed by atoms with Crippen molar-refractivity contribution in [3.05, 3.63) is 54.4 Å². The number of nitrogen functional groups attached to an aromatic ring is 1. The van der Waals surface area contributed by atoms with E-state index >= 15 is 0 Å². The van der Waals surface area contributed by atoms with E-state index in [0.717, 1.165) is 34.8 Å². The van der Waals surface area contributed by atoms with Gasteiger partial charge in [0, 0.05) is 24.0 Å². The van der Waals surface area contributed by atoms with E-state index in [2.05, 4.69) is 15.8 Å². The van der Waals surface area contributed by atoms with Crippen LogP contribution in [-0.4, -0.2) is 16.4 Å². The second-order valence-corrected chi connectivity index (χ2v) is 4.49. The Morgan fingerprint density at radius 3 is 2.68 bits per heavy atom. The number of benzene rings is 1. The highest BCUT2D eigenvalue weighted by Crippen LogP contribution is 2.23. The van der Waals surface area contributed by atoms with E-state index < -0.39 is 0 Å². The third-order valence-electron chi connectivity index (χ3n) is 3.14. The molecule has 0 aliphatic heterocycles. The first kappa shape index (κ1) is 11.7. The van der Waals surface area contributed by atoms with Crippen LogP contribution in [0.3, 0.4) is 0 Å². The molecular weight excluding hydrogens is 236 g/mol. The third-order valence-corrected chi connectivity index (χ3v) is 3.14. The molecule has 0 aliphatic rings. The molecule has 19 heavy (non-hydrogen) atoms. The molecule has 96 valence electrons. The highest BCUT2D eigenvalue weighted by molar-refractivity contribution is 5.66. The van der Waals surface area contributed by atoms with Crippen LogP contribution in [0.1, 0.15) is 5.69 Å². The van der Waals surface area contributed by atoms with E-state index in [-0.39, 0.29) is 0 Å². The number of pyridine rings is 1. The number of rotatable bonds is 3. The number of hydrogen-bond acceptors (Lipinski definition) is 3. The fraction of sp³-hybridized carbons (Fsp3) is 0.133. The molecule has 0 aliphatic carbocycles. The monoisotopic (exact) mass is 252 g/mol. The van der Waals surface area contributed by atoms with Crippen molar-refractivity contribution in [2.75, 3.05) is 12.8 Å². The van der Waals surface area contributed by atoms with Crippen molar-refractivity contribution in [1.29, 1.82) is 0 Å². The first-order valence-electron chi connectivity index (χ1n) is 6.26. The first-order chi connectivity index (χ1) is 9.29. The van der Waals surface area contributed by atoms with Crippen LogP contribution in [0.5, 0.6) is 0 Å². The van der Waals surface area contributed by atoms with E-state index in [1.807, 2.05) is 49.6 Å². The molecule has 0 unspecified atom stereocenters. The number of imidazole rings is 1. The van der Waals surface area contributed by atoms with Crippen LogP contribution in [0.25, 0.3) is 16.9 Å². The Hall–Kier alpha value is -2.33. The molecule has 4 nitrogen and oxygen atoms in total. The summed E-state index contributed by atoms with van der Waals surface area (Å²) in [6.45, 7) is 0.752. The standard InChI is InChI=1S/C15H16N4/c1-17-10-13-14-4-2-3-9-19(14)15(18-13)11-5-7-12(16)8-6-11/h2-9,17H,10,16H2,1H3. The number of anilines is 1. The van der Waals surface area contributed by atoms with E-state index in [4.69, 9.17) is 10.7 Å². The molecule has 0 amide bonds. The topological polar surface area (TPSA) is 55.3 Å². The molecule has 0 fully saturated rings. The molecule has 0 radical (unpaired) electrons. The summed E-state index contributed by atoms with van der Waals surface area (Å²) in [5.41, 5.74) is 9.74. The van der Waals surface area contributed by atoms with Gasteiger partial charge in [0.1, 0.15) is 5.82 Å². The lowest BCUT2D eigenvalue weighted by Crippen LogP contribution is -2.05. The maximum Gasteiger partial charge on any atom is 0.144 e. The van der Waals surface area contributed by atoms with E-state index in [0.29, 0.717) is 0 Å². The van der Waals surface area contributed by atoms with Crippen LogP contribution in [0.4, 0.5) is 5.69 Å². The van der Waals surface area contributed by atoms with Crippen molar-refractivity contribution >= 4 is 11.2 Å². The van der Waals surface area contributed by atoms with Gasteiger partial charge in [0.2, 0.25) is 0 Å². The van der Waals surface area contributed by atoms with Crippen LogP contribution in [0.15, 0.2) is 48.7 Å². The second-order valence-electron chi connectivity index (χ2n) is 4.49. The molecule has 4 heteroatoms. The van der Waals surface area contributed by atoms with Crippen molar-refractivity contribution < 1.29 is 0 Å². The summed E-state index contributed by atoms with van der Waals surface area (Å²) in [7, 11) is 1.93. The molecule has 0 spiro atoms. The Bertz CT molecular complexity index is 698. The van der Waals surface area contributed by atoms with E-state index in [9.17, 15) is 0 Å². The SMILES string of the molecule is CNCc1nc(-c2ccc(N)cc2)n2ccccc12. The Morgan fingerprint density at radius 2 is 1.95 bits per heavy atom. The van der Waals surface area contributed by atoms with Crippen molar-refractivity contribution in [2.45, 2.75) is 6.54 Å². The zero-order chi connectivity index (χ0) is 13.2. The average molecular weight is 252 g/mol. The van der Waals surface area contributed by atoms with Gasteiger partial charge in [-0.2, -0.15) is 0 Å². The number of nitrogens with one attached hydrogen (secondary N) is 1. The summed E-state index contributed by atoms with van der Waals surface area (Å²) in [5.74, 6) is 0.945. The summed E-state index contributed by atoms with van der Waals surface area (Å²) in [4.78, 5) is 4.74. The summed E-state index contributed by atoms with van der Waals surface area (Å²) < 4.78 is 2.11. The molecule has 1 aromatic carbocycles. The second kappa shape index (κ2) is 4.74. The molecule has 2 heterocycles. The van der Waals surface area contributed by atoms with E-state index in [1.165, 1.54) is 0 Å². The lowest BCUT2D eigenvalue weighted by Gasteiger charge is -2.01. The van der Waals surface area contributed by atoms with Crippen molar-refractivity contribution in [3.8, 4) is 11.4 Å².